The minimum absolute atomic E-state index is 0.245. The quantitative estimate of drug-likeness (QED) is 0.605. The highest BCUT2D eigenvalue weighted by Gasteiger charge is 2.23. The van der Waals surface area contributed by atoms with Crippen LogP contribution in [0.4, 0.5) is 4.79 Å². The van der Waals surface area contributed by atoms with Gasteiger partial charge in [-0.3, -0.25) is 9.36 Å². The Morgan fingerprint density at radius 1 is 1.16 bits per heavy atom. The average Bonchev–Trinajstić information content (AvgIpc) is 2.71. The third kappa shape index (κ3) is 5.17. The number of benzene rings is 2. The average molecular weight is 421 g/mol. The number of rotatable bonds is 6. The van der Waals surface area contributed by atoms with E-state index >= 15 is 0 Å². The smallest absolute Gasteiger partial charge is 0.408 e. The molecule has 0 saturated heterocycles. The van der Waals surface area contributed by atoms with Crippen LogP contribution in [-0.4, -0.2) is 27.5 Å². The number of ether oxygens (including phenoxy) is 1. The molecule has 0 radical (unpaired) electrons. The van der Waals surface area contributed by atoms with Crippen molar-refractivity contribution in [3.8, 4) is 5.69 Å². The van der Waals surface area contributed by atoms with Crippen molar-refractivity contribution in [3.63, 3.8) is 0 Å². The molecule has 2 aromatic carbocycles. The Morgan fingerprint density at radius 3 is 2.52 bits per heavy atom. The minimum Gasteiger partial charge on any atom is -0.444 e. The molecule has 1 atom stereocenters. The number of hydrogen-bond acceptors (Lipinski definition) is 5. The van der Waals surface area contributed by atoms with Gasteiger partial charge in [-0.1, -0.05) is 30.3 Å². The summed E-state index contributed by atoms with van der Waals surface area (Å²) in [7, 11) is 0. The van der Waals surface area contributed by atoms with E-state index in [0.717, 1.165) is 11.8 Å². The second-order valence-corrected chi connectivity index (χ2v) is 8.33. The summed E-state index contributed by atoms with van der Waals surface area (Å²) in [5.41, 5.74) is 1.04. The number of nitrogens with one attached hydrogen (secondary N) is 1. The van der Waals surface area contributed by atoms with Crippen LogP contribution in [0.25, 0.3) is 16.6 Å². The van der Waals surface area contributed by atoms with Crippen molar-refractivity contribution in [1.82, 2.24) is 14.9 Å². The molecule has 0 aliphatic rings. The highest BCUT2D eigenvalue weighted by atomic mass is 16.6. The van der Waals surface area contributed by atoms with Crippen LogP contribution in [0.15, 0.2) is 53.3 Å². The van der Waals surface area contributed by atoms with E-state index < -0.39 is 17.7 Å². The van der Waals surface area contributed by atoms with Gasteiger partial charge in [-0.2, -0.15) is 0 Å². The van der Waals surface area contributed by atoms with E-state index in [9.17, 15) is 14.4 Å². The van der Waals surface area contributed by atoms with E-state index in [1.807, 2.05) is 42.5 Å². The first-order valence-electron chi connectivity index (χ1n) is 10.2. The lowest BCUT2D eigenvalue weighted by Crippen LogP contribution is -2.37. The van der Waals surface area contributed by atoms with Crippen molar-refractivity contribution in [3.05, 3.63) is 70.3 Å². The van der Waals surface area contributed by atoms with Crippen molar-refractivity contribution < 1.29 is 14.3 Å². The van der Waals surface area contributed by atoms with Crippen LogP contribution in [0.3, 0.4) is 0 Å². The lowest BCUT2D eigenvalue weighted by molar-refractivity contribution is -0.107. The summed E-state index contributed by atoms with van der Waals surface area (Å²) in [6.45, 7) is 7.11. The van der Waals surface area contributed by atoms with E-state index in [2.05, 4.69) is 5.32 Å². The molecule has 162 valence electrons. The minimum atomic E-state index is -0.646. The maximum absolute atomic E-state index is 13.6. The number of alkyl carbamates (subject to hydrolysis) is 1. The molecule has 1 N–H and O–H groups in total. The fourth-order valence-electron chi connectivity index (χ4n) is 3.40. The highest BCUT2D eigenvalue weighted by Crippen LogP contribution is 2.21. The number of aryl methyl sites for hydroxylation is 1. The van der Waals surface area contributed by atoms with Gasteiger partial charge in [-0.15, -0.1) is 0 Å². The molecule has 0 aliphatic carbocycles. The fourth-order valence-corrected chi connectivity index (χ4v) is 3.40. The Labute approximate surface area is 181 Å². The third-order valence-corrected chi connectivity index (χ3v) is 4.68. The molecule has 1 amide bonds. The van der Waals surface area contributed by atoms with Gasteiger partial charge < -0.3 is 14.8 Å². The Bertz CT molecular complexity index is 1150. The van der Waals surface area contributed by atoms with Gasteiger partial charge in [0.2, 0.25) is 0 Å². The lowest BCUT2D eigenvalue weighted by atomic mass is 10.0. The van der Waals surface area contributed by atoms with Gasteiger partial charge in [0.1, 0.15) is 17.7 Å². The number of carbonyl (C=O) groups is 2. The van der Waals surface area contributed by atoms with Crippen molar-refractivity contribution in [2.75, 3.05) is 0 Å². The van der Waals surface area contributed by atoms with Crippen molar-refractivity contribution in [2.24, 2.45) is 0 Å². The van der Waals surface area contributed by atoms with Gasteiger partial charge in [-0.25, -0.2) is 9.78 Å². The lowest BCUT2D eigenvalue weighted by Gasteiger charge is -2.23. The predicted molar refractivity (Wildman–Crippen MR) is 120 cm³/mol. The van der Waals surface area contributed by atoms with E-state index in [0.29, 0.717) is 35.3 Å². The molecule has 0 unspecified atom stereocenters. The van der Waals surface area contributed by atoms with E-state index in [-0.39, 0.29) is 5.56 Å². The van der Waals surface area contributed by atoms with Crippen molar-refractivity contribution >= 4 is 23.3 Å². The number of fused-ring (bicyclic) bond motifs is 1. The number of aromatic nitrogens is 2. The first kappa shape index (κ1) is 22.2. The summed E-state index contributed by atoms with van der Waals surface area (Å²) in [5, 5.41) is 3.25. The summed E-state index contributed by atoms with van der Waals surface area (Å²) in [6.07, 6.45) is 1.02. The van der Waals surface area contributed by atoms with Crippen LogP contribution >= 0.6 is 0 Å². The second kappa shape index (κ2) is 9.12. The van der Waals surface area contributed by atoms with Gasteiger partial charge in [0.15, 0.2) is 0 Å². The Kier molecular flexibility index (Phi) is 6.53. The van der Waals surface area contributed by atoms with Crippen molar-refractivity contribution in [1.29, 1.82) is 0 Å². The molecule has 1 heterocycles. The summed E-state index contributed by atoms with van der Waals surface area (Å²) in [4.78, 5) is 41.6. The van der Waals surface area contributed by atoms with Gasteiger partial charge in [0.05, 0.1) is 22.6 Å². The molecular weight excluding hydrogens is 394 g/mol. The number of amides is 1. The number of carbonyl (C=O) groups excluding carboxylic acids is 2. The standard InChI is InChI=1S/C24H27N3O4/c1-16(25-23(30)31-24(2,3)4)21-26-19-14-8-10-17(11-9-15-28)20(19)22(29)27(21)18-12-6-5-7-13-18/h5-8,10,12-16H,9,11H2,1-4H3,(H,25,30)/t16-/m0/s1. The molecule has 7 heteroatoms. The summed E-state index contributed by atoms with van der Waals surface area (Å²) >= 11 is 0. The Balaban J connectivity index is 2.17. The molecule has 0 spiro atoms. The van der Waals surface area contributed by atoms with E-state index in [4.69, 9.17) is 9.72 Å². The molecule has 0 aliphatic heterocycles. The zero-order valence-electron chi connectivity index (χ0n) is 18.2. The van der Waals surface area contributed by atoms with Crippen LogP contribution in [0.5, 0.6) is 0 Å². The largest absolute Gasteiger partial charge is 0.444 e. The number of para-hydroxylation sites is 1. The van der Waals surface area contributed by atoms with Gasteiger partial charge >= 0.3 is 6.09 Å². The normalized spacial score (nSPS) is 12.4. The molecule has 31 heavy (non-hydrogen) atoms. The molecule has 0 bridgehead atoms. The van der Waals surface area contributed by atoms with E-state index in [1.165, 1.54) is 4.57 Å². The van der Waals surface area contributed by atoms with E-state index in [1.54, 1.807) is 33.8 Å². The number of hydrogen-bond donors (Lipinski definition) is 1. The van der Waals surface area contributed by atoms with Crippen molar-refractivity contribution in [2.45, 2.75) is 52.2 Å². The molecule has 1 aromatic heterocycles. The number of aldehydes is 1. The van der Waals surface area contributed by atoms with Gasteiger partial charge in [-0.05, 0) is 57.9 Å². The second-order valence-electron chi connectivity index (χ2n) is 8.33. The third-order valence-electron chi connectivity index (χ3n) is 4.68. The number of nitrogens with zero attached hydrogens (tertiary/aromatic N) is 2. The Hall–Kier alpha value is -3.48. The molecular formula is C24H27N3O4. The van der Waals surface area contributed by atoms with Crippen LogP contribution in [0.1, 0.15) is 51.5 Å². The molecule has 7 nitrogen and oxygen atoms in total. The Morgan fingerprint density at radius 2 is 1.87 bits per heavy atom. The fraction of sp³-hybridized carbons (Fsp3) is 0.333. The summed E-state index contributed by atoms with van der Waals surface area (Å²) in [5.74, 6) is 0.391. The van der Waals surface area contributed by atoms with Gasteiger partial charge in [0.25, 0.3) is 5.56 Å². The van der Waals surface area contributed by atoms with Crippen LogP contribution in [0.2, 0.25) is 0 Å². The van der Waals surface area contributed by atoms with Crippen LogP contribution in [0, 0.1) is 0 Å². The zero-order valence-corrected chi connectivity index (χ0v) is 18.2. The molecule has 0 saturated carbocycles. The molecule has 3 aromatic rings. The van der Waals surface area contributed by atoms with Gasteiger partial charge in [0, 0.05) is 6.42 Å². The first-order chi connectivity index (χ1) is 14.7. The topological polar surface area (TPSA) is 90.3 Å². The maximum atomic E-state index is 13.6. The highest BCUT2D eigenvalue weighted by molar-refractivity contribution is 5.82. The van der Waals surface area contributed by atoms with Crippen LogP contribution in [-0.2, 0) is 16.0 Å². The SMILES string of the molecule is C[C@H](NC(=O)OC(C)(C)C)c1nc2cccc(CCC=O)c2c(=O)n1-c1ccccc1. The molecule has 0 fully saturated rings. The zero-order chi connectivity index (χ0) is 22.6. The monoisotopic (exact) mass is 421 g/mol. The summed E-state index contributed by atoms with van der Waals surface area (Å²) in [6, 6.07) is 14.0. The molecule has 3 rings (SSSR count). The van der Waals surface area contributed by atoms with Crippen LogP contribution < -0.4 is 10.9 Å². The maximum Gasteiger partial charge on any atom is 0.408 e. The first-order valence-corrected chi connectivity index (χ1v) is 10.2. The predicted octanol–water partition coefficient (Wildman–Crippen LogP) is 4.10. The summed E-state index contributed by atoms with van der Waals surface area (Å²) < 4.78 is 6.87.